The summed E-state index contributed by atoms with van der Waals surface area (Å²) in [4.78, 5) is 0.218. The molecule has 1 rings (SSSR count). The molecule has 2 unspecified atom stereocenters. The van der Waals surface area contributed by atoms with Crippen molar-refractivity contribution in [3.8, 4) is 0 Å². The van der Waals surface area contributed by atoms with Crippen molar-refractivity contribution >= 4 is 25.8 Å². The zero-order chi connectivity index (χ0) is 13.6. The van der Waals surface area contributed by atoms with Gasteiger partial charge in [-0.1, -0.05) is 60.1 Å². The smallest absolute Gasteiger partial charge is 0.150 e. The number of halogens is 1. The van der Waals surface area contributed by atoms with Gasteiger partial charge in [0.15, 0.2) is 0 Å². The SMILES string of the molecule is CCCS(=O)(=O)CCC(C)C(Br)c1ccccc1. The molecule has 0 spiro atoms. The van der Waals surface area contributed by atoms with Crippen LogP contribution >= 0.6 is 15.9 Å². The topological polar surface area (TPSA) is 34.1 Å². The van der Waals surface area contributed by atoms with E-state index in [1.165, 1.54) is 5.56 Å². The first-order chi connectivity index (χ1) is 8.46. The minimum absolute atomic E-state index is 0.218. The minimum atomic E-state index is -2.86. The second kappa shape index (κ2) is 7.29. The lowest BCUT2D eigenvalue weighted by Crippen LogP contribution is -2.15. The third-order valence-corrected chi connectivity index (χ3v) is 6.34. The molecule has 2 atom stereocenters. The second-order valence-corrected chi connectivity index (χ2v) is 8.02. The van der Waals surface area contributed by atoms with Gasteiger partial charge in [0.25, 0.3) is 0 Å². The van der Waals surface area contributed by atoms with Crippen molar-refractivity contribution in [2.45, 2.75) is 31.5 Å². The lowest BCUT2D eigenvalue weighted by atomic mass is 9.99. The third-order valence-electron chi connectivity index (χ3n) is 3.02. The van der Waals surface area contributed by atoms with Gasteiger partial charge in [-0.25, -0.2) is 8.42 Å². The maximum Gasteiger partial charge on any atom is 0.150 e. The highest BCUT2D eigenvalue weighted by atomic mass is 79.9. The number of rotatable bonds is 7. The van der Waals surface area contributed by atoms with Crippen LogP contribution in [0.3, 0.4) is 0 Å². The van der Waals surface area contributed by atoms with E-state index >= 15 is 0 Å². The van der Waals surface area contributed by atoms with E-state index in [-0.39, 0.29) is 10.6 Å². The number of sulfone groups is 1. The fraction of sp³-hybridized carbons (Fsp3) is 0.571. The maximum absolute atomic E-state index is 11.7. The quantitative estimate of drug-likeness (QED) is 0.708. The summed E-state index contributed by atoms with van der Waals surface area (Å²) in [5.41, 5.74) is 1.21. The average Bonchev–Trinajstić information content (AvgIpc) is 2.36. The summed E-state index contributed by atoms with van der Waals surface area (Å²) in [6, 6.07) is 10.1. The lowest BCUT2D eigenvalue weighted by molar-refractivity contribution is 0.540. The van der Waals surface area contributed by atoms with Gasteiger partial charge in [-0.05, 0) is 24.3 Å². The normalized spacial score (nSPS) is 15.3. The Balaban J connectivity index is 2.54. The highest BCUT2D eigenvalue weighted by Crippen LogP contribution is 2.32. The largest absolute Gasteiger partial charge is 0.229 e. The van der Waals surface area contributed by atoms with E-state index in [1.807, 2.05) is 25.1 Å². The summed E-state index contributed by atoms with van der Waals surface area (Å²) >= 11 is 3.66. The van der Waals surface area contributed by atoms with Crippen LogP contribution in [0.2, 0.25) is 0 Å². The Morgan fingerprint density at radius 2 is 1.78 bits per heavy atom. The molecule has 102 valence electrons. The Morgan fingerprint density at radius 3 is 2.33 bits per heavy atom. The molecule has 0 saturated heterocycles. The zero-order valence-electron chi connectivity index (χ0n) is 11.0. The van der Waals surface area contributed by atoms with Crippen molar-refractivity contribution in [3.05, 3.63) is 35.9 Å². The average molecular weight is 333 g/mol. The van der Waals surface area contributed by atoms with E-state index in [4.69, 9.17) is 0 Å². The molecule has 0 amide bonds. The highest BCUT2D eigenvalue weighted by Gasteiger charge is 2.19. The molecule has 0 aliphatic rings. The van der Waals surface area contributed by atoms with Gasteiger partial charge < -0.3 is 0 Å². The van der Waals surface area contributed by atoms with Gasteiger partial charge in [0.05, 0.1) is 5.75 Å². The van der Waals surface area contributed by atoms with Crippen molar-refractivity contribution < 1.29 is 8.42 Å². The van der Waals surface area contributed by atoms with E-state index in [0.29, 0.717) is 24.5 Å². The van der Waals surface area contributed by atoms with Crippen LogP contribution in [0, 0.1) is 5.92 Å². The van der Waals surface area contributed by atoms with Crippen LogP contribution in [-0.2, 0) is 9.84 Å². The van der Waals surface area contributed by atoms with Gasteiger partial charge in [-0.2, -0.15) is 0 Å². The first-order valence-electron chi connectivity index (χ1n) is 6.35. The van der Waals surface area contributed by atoms with Crippen molar-refractivity contribution in [2.75, 3.05) is 11.5 Å². The van der Waals surface area contributed by atoms with Crippen LogP contribution in [0.4, 0.5) is 0 Å². The monoisotopic (exact) mass is 332 g/mol. The van der Waals surface area contributed by atoms with Gasteiger partial charge in [0.1, 0.15) is 9.84 Å². The van der Waals surface area contributed by atoms with E-state index in [0.717, 1.165) is 0 Å². The summed E-state index contributed by atoms with van der Waals surface area (Å²) in [5, 5.41) is 0. The molecule has 0 aliphatic heterocycles. The number of alkyl halides is 1. The van der Waals surface area contributed by atoms with Crippen LogP contribution in [0.15, 0.2) is 30.3 Å². The molecule has 0 aromatic heterocycles. The Bertz CT molecular complexity index is 442. The van der Waals surface area contributed by atoms with Crippen LogP contribution in [0.25, 0.3) is 0 Å². The third kappa shape index (κ3) is 5.11. The molecular formula is C14H21BrO2S. The predicted molar refractivity (Wildman–Crippen MR) is 80.8 cm³/mol. The molecule has 0 aliphatic carbocycles. The van der Waals surface area contributed by atoms with Gasteiger partial charge >= 0.3 is 0 Å². The molecule has 2 nitrogen and oxygen atoms in total. The van der Waals surface area contributed by atoms with Crippen LogP contribution in [0.1, 0.15) is 37.1 Å². The molecule has 18 heavy (non-hydrogen) atoms. The summed E-state index contributed by atoms with van der Waals surface area (Å²) in [7, 11) is -2.86. The predicted octanol–water partition coefficient (Wildman–Crippen LogP) is 3.97. The number of benzene rings is 1. The molecule has 0 fully saturated rings. The van der Waals surface area contributed by atoms with E-state index in [2.05, 4.69) is 35.0 Å². The molecule has 4 heteroatoms. The van der Waals surface area contributed by atoms with Gasteiger partial charge in [0.2, 0.25) is 0 Å². The van der Waals surface area contributed by atoms with Gasteiger partial charge in [0, 0.05) is 10.6 Å². The summed E-state index contributed by atoms with van der Waals surface area (Å²) in [5.74, 6) is 0.897. The number of hydrogen-bond donors (Lipinski definition) is 0. The van der Waals surface area contributed by atoms with Gasteiger partial charge in [-0.3, -0.25) is 0 Å². The molecule has 1 aromatic rings. The van der Waals surface area contributed by atoms with Gasteiger partial charge in [-0.15, -0.1) is 0 Å². The second-order valence-electron chi connectivity index (χ2n) is 4.73. The van der Waals surface area contributed by atoms with E-state index < -0.39 is 9.84 Å². The molecule has 0 saturated carbocycles. The lowest BCUT2D eigenvalue weighted by Gasteiger charge is -2.18. The van der Waals surface area contributed by atoms with E-state index in [1.54, 1.807) is 0 Å². The summed E-state index contributed by atoms with van der Waals surface area (Å²) in [6.45, 7) is 3.99. The highest BCUT2D eigenvalue weighted by molar-refractivity contribution is 9.09. The van der Waals surface area contributed by atoms with E-state index in [9.17, 15) is 8.42 Å². The van der Waals surface area contributed by atoms with Crippen LogP contribution in [0.5, 0.6) is 0 Å². The number of hydrogen-bond acceptors (Lipinski definition) is 2. The van der Waals surface area contributed by atoms with Crippen molar-refractivity contribution in [1.82, 2.24) is 0 Å². The fourth-order valence-corrected chi connectivity index (χ4v) is 4.02. The Kier molecular flexibility index (Phi) is 6.36. The molecule has 0 radical (unpaired) electrons. The van der Waals surface area contributed by atoms with Crippen LogP contribution in [-0.4, -0.2) is 19.9 Å². The van der Waals surface area contributed by atoms with Crippen molar-refractivity contribution in [1.29, 1.82) is 0 Å². The van der Waals surface area contributed by atoms with Crippen molar-refractivity contribution in [2.24, 2.45) is 5.92 Å². The Morgan fingerprint density at radius 1 is 1.17 bits per heavy atom. The first kappa shape index (κ1) is 15.7. The Labute approximate surface area is 119 Å². The molecule has 0 heterocycles. The Hall–Kier alpha value is -0.350. The molecule has 1 aromatic carbocycles. The zero-order valence-corrected chi connectivity index (χ0v) is 13.4. The standard InChI is InChI=1S/C14H21BrO2S/c1-3-10-18(16,17)11-9-12(2)14(15)13-7-5-4-6-8-13/h4-8,12,14H,3,9-11H2,1-2H3. The first-order valence-corrected chi connectivity index (χ1v) is 9.09. The maximum atomic E-state index is 11.7. The summed E-state index contributed by atoms with van der Waals surface area (Å²) in [6.07, 6.45) is 1.40. The van der Waals surface area contributed by atoms with Crippen LogP contribution < -0.4 is 0 Å². The minimum Gasteiger partial charge on any atom is -0.229 e. The van der Waals surface area contributed by atoms with Crippen molar-refractivity contribution in [3.63, 3.8) is 0 Å². The molecular weight excluding hydrogens is 312 g/mol. The summed E-state index contributed by atoms with van der Waals surface area (Å²) < 4.78 is 23.4. The molecule has 0 bridgehead atoms. The fourth-order valence-electron chi connectivity index (χ4n) is 1.89. The molecule has 0 N–H and O–H groups in total.